The van der Waals surface area contributed by atoms with Crippen LogP contribution in [0.25, 0.3) is 0 Å². The Morgan fingerprint density at radius 2 is 1.72 bits per heavy atom. The molecule has 0 radical (unpaired) electrons. The van der Waals surface area contributed by atoms with Crippen molar-refractivity contribution in [3.63, 3.8) is 0 Å². The maximum atomic E-state index is 13.5. The number of anilines is 1. The van der Waals surface area contributed by atoms with Gasteiger partial charge in [-0.15, -0.1) is 0 Å². The third-order valence-corrected chi connectivity index (χ3v) is 7.01. The Morgan fingerprint density at radius 3 is 2.28 bits per heavy atom. The van der Waals surface area contributed by atoms with E-state index >= 15 is 0 Å². The minimum Gasteiger partial charge on any atom is -0.454 e. The number of para-hydroxylation sites is 1. The number of rotatable bonds is 13. The topological polar surface area (TPSA) is 92.9 Å². The lowest BCUT2D eigenvalue weighted by Crippen LogP contribution is -2.30. The molecule has 0 spiro atoms. The summed E-state index contributed by atoms with van der Waals surface area (Å²) in [6, 6.07) is 12.1. The Balaban J connectivity index is 2.14. The molecule has 1 aliphatic rings. The number of nitrogens with zero attached hydrogens (tertiary/aromatic N) is 2. The molecule has 1 aliphatic carbocycles. The highest BCUT2D eigenvalue weighted by Gasteiger charge is 2.27. The van der Waals surface area contributed by atoms with Crippen molar-refractivity contribution in [3.05, 3.63) is 71.8 Å². The maximum absolute atomic E-state index is 13.5. The monoisotopic (exact) mass is 511 g/mol. The standard InChI is InChI=1S/C28H37N3O4S/c1-4-6-17-31(18-7-5-2)25-19-23(28(32)30(3)21-22-13-11-12-14-22)20-26(36(29,33)34)27(25)35-24-15-9-8-10-16-24/h8-13,15-16,19-20H,4-7,14,17-18,21H2,1-3H3,(H2,29,33,34). The van der Waals surface area contributed by atoms with Gasteiger partial charge in [0.05, 0.1) is 5.69 Å². The third kappa shape index (κ3) is 7.21. The summed E-state index contributed by atoms with van der Waals surface area (Å²) in [6.45, 7) is 6.09. The van der Waals surface area contributed by atoms with E-state index in [9.17, 15) is 13.2 Å². The van der Waals surface area contributed by atoms with Crippen LogP contribution in [0.4, 0.5) is 5.69 Å². The Hall–Kier alpha value is -3.10. The Labute approximate surface area is 215 Å². The predicted molar refractivity (Wildman–Crippen MR) is 145 cm³/mol. The second-order valence-corrected chi connectivity index (χ2v) is 10.6. The number of sulfonamides is 1. The van der Waals surface area contributed by atoms with E-state index in [4.69, 9.17) is 9.88 Å². The SMILES string of the molecule is CCCCN(CCCC)c1cc(C(=O)N(C)CC2=CC=CC2)cc(S(N)(=O)=O)c1Oc1ccccc1. The van der Waals surface area contributed by atoms with Gasteiger partial charge in [-0.3, -0.25) is 4.79 Å². The van der Waals surface area contributed by atoms with Gasteiger partial charge in [0.25, 0.3) is 5.91 Å². The fraction of sp³-hybridized carbons (Fsp3) is 0.393. The van der Waals surface area contributed by atoms with Crippen LogP contribution in [0, 0.1) is 0 Å². The van der Waals surface area contributed by atoms with Gasteiger partial charge in [-0.05, 0) is 49.1 Å². The molecule has 0 bridgehead atoms. The first-order valence-corrected chi connectivity index (χ1v) is 14.1. The van der Waals surface area contributed by atoms with Crippen LogP contribution >= 0.6 is 0 Å². The summed E-state index contributed by atoms with van der Waals surface area (Å²) in [5.74, 6) is 0.371. The molecule has 2 N–H and O–H groups in total. The minimum absolute atomic E-state index is 0.151. The van der Waals surface area contributed by atoms with E-state index in [0.717, 1.165) is 37.7 Å². The van der Waals surface area contributed by atoms with Crippen LogP contribution in [-0.2, 0) is 10.0 Å². The minimum atomic E-state index is -4.20. The first kappa shape index (κ1) is 27.5. The number of benzene rings is 2. The fourth-order valence-corrected chi connectivity index (χ4v) is 4.82. The van der Waals surface area contributed by atoms with Gasteiger partial charge in [0, 0.05) is 32.2 Å². The van der Waals surface area contributed by atoms with Gasteiger partial charge in [0.2, 0.25) is 10.0 Å². The van der Waals surface area contributed by atoms with E-state index in [1.54, 1.807) is 30.1 Å². The number of hydrogen-bond acceptors (Lipinski definition) is 5. The summed E-state index contributed by atoms with van der Waals surface area (Å²) >= 11 is 0. The quantitative estimate of drug-likeness (QED) is 0.384. The highest BCUT2D eigenvalue weighted by atomic mass is 32.2. The second kappa shape index (κ2) is 12.7. The van der Waals surface area contributed by atoms with Crippen molar-refractivity contribution in [1.29, 1.82) is 0 Å². The normalized spacial score (nSPS) is 12.9. The molecular formula is C28H37N3O4S. The fourth-order valence-electron chi connectivity index (χ4n) is 4.12. The van der Waals surface area contributed by atoms with Gasteiger partial charge in [0.1, 0.15) is 10.6 Å². The lowest BCUT2D eigenvalue weighted by atomic mass is 10.1. The zero-order chi connectivity index (χ0) is 26.1. The van der Waals surface area contributed by atoms with Gasteiger partial charge in [-0.1, -0.05) is 63.1 Å². The molecule has 2 aromatic rings. The van der Waals surface area contributed by atoms with Gasteiger partial charge in [0.15, 0.2) is 5.75 Å². The molecule has 8 heteroatoms. The summed E-state index contributed by atoms with van der Waals surface area (Å²) in [7, 11) is -2.48. The van der Waals surface area contributed by atoms with E-state index in [1.807, 2.05) is 36.4 Å². The van der Waals surface area contributed by atoms with Crippen LogP contribution in [0.3, 0.4) is 0 Å². The molecule has 3 rings (SSSR count). The highest BCUT2D eigenvalue weighted by molar-refractivity contribution is 7.89. The van der Waals surface area contributed by atoms with Crippen LogP contribution in [0.5, 0.6) is 11.5 Å². The summed E-state index contributed by atoms with van der Waals surface area (Å²) in [5, 5.41) is 5.69. The van der Waals surface area contributed by atoms with E-state index in [1.165, 1.54) is 6.07 Å². The summed E-state index contributed by atoms with van der Waals surface area (Å²) in [6.07, 6.45) is 10.6. The molecule has 194 valence electrons. The number of ether oxygens (including phenoxy) is 1. The Morgan fingerprint density at radius 1 is 1.06 bits per heavy atom. The number of carbonyl (C=O) groups excluding carboxylic acids is 1. The van der Waals surface area contributed by atoms with Crippen molar-refractivity contribution >= 4 is 21.6 Å². The molecule has 0 saturated heterocycles. The lowest BCUT2D eigenvalue weighted by molar-refractivity contribution is 0.0806. The van der Waals surface area contributed by atoms with E-state index < -0.39 is 10.0 Å². The molecule has 0 atom stereocenters. The number of carbonyl (C=O) groups is 1. The smallest absolute Gasteiger partial charge is 0.254 e. The number of unbranched alkanes of at least 4 members (excludes halogenated alkanes) is 2. The number of amides is 1. The van der Waals surface area contributed by atoms with Crippen molar-refractivity contribution in [2.75, 3.05) is 31.6 Å². The largest absolute Gasteiger partial charge is 0.454 e. The van der Waals surface area contributed by atoms with Gasteiger partial charge in [-0.25, -0.2) is 13.6 Å². The average molecular weight is 512 g/mol. The first-order chi connectivity index (χ1) is 17.2. The van der Waals surface area contributed by atoms with Gasteiger partial charge < -0.3 is 14.5 Å². The summed E-state index contributed by atoms with van der Waals surface area (Å²) in [5.41, 5.74) is 1.95. The van der Waals surface area contributed by atoms with Crippen molar-refractivity contribution in [3.8, 4) is 11.5 Å². The number of likely N-dealkylation sites (N-methyl/N-ethyl adjacent to an activating group) is 1. The van der Waals surface area contributed by atoms with Crippen molar-refractivity contribution in [2.45, 2.75) is 50.8 Å². The van der Waals surface area contributed by atoms with Crippen molar-refractivity contribution in [1.82, 2.24) is 4.90 Å². The number of primary sulfonamides is 1. The van der Waals surface area contributed by atoms with E-state index in [2.05, 4.69) is 18.7 Å². The van der Waals surface area contributed by atoms with Crippen molar-refractivity contribution < 1.29 is 17.9 Å². The molecular weight excluding hydrogens is 474 g/mol. The summed E-state index contributed by atoms with van der Waals surface area (Å²) < 4.78 is 31.8. The third-order valence-electron chi connectivity index (χ3n) is 6.09. The molecule has 0 fully saturated rings. The molecule has 0 aromatic heterocycles. The van der Waals surface area contributed by atoms with Crippen LogP contribution < -0.4 is 14.8 Å². The van der Waals surface area contributed by atoms with Crippen LogP contribution in [-0.4, -0.2) is 45.9 Å². The van der Waals surface area contributed by atoms with Gasteiger partial charge in [-0.2, -0.15) is 0 Å². The molecule has 0 saturated carbocycles. The molecule has 0 aliphatic heterocycles. The van der Waals surface area contributed by atoms with Crippen LogP contribution in [0.15, 0.2) is 71.2 Å². The molecule has 36 heavy (non-hydrogen) atoms. The molecule has 0 heterocycles. The van der Waals surface area contributed by atoms with E-state index in [0.29, 0.717) is 31.1 Å². The molecule has 7 nitrogen and oxygen atoms in total. The van der Waals surface area contributed by atoms with E-state index in [-0.39, 0.29) is 22.1 Å². The molecule has 2 aromatic carbocycles. The predicted octanol–water partition coefficient (Wildman–Crippen LogP) is 5.49. The maximum Gasteiger partial charge on any atom is 0.254 e. The first-order valence-electron chi connectivity index (χ1n) is 12.5. The Bertz CT molecular complexity index is 1200. The van der Waals surface area contributed by atoms with Crippen LogP contribution in [0.1, 0.15) is 56.3 Å². The Kier molecular flexibility index (Phi) is 9.73. The highest BCUT2D eigenvalue weighted by Crippen LogP contribution is 2.40. The number of hydrogen-bond donors (Lipinski definition) is 1. The zero-order valence-corrected chi connectivity index (χ0v) is 22.3. The zero-order valence-electron chi connectivity index (χ0n) is 21.4. The summed E-state index contributed by atoms with van der Waals surface area (Å²) in [4.78, 5) is 17.0. The van der Waals surface area contributed by atoms with Gasteiger partial charge >= 0.3 is 0 Å². The average Bonchev–Trinajstić information content (AvgIpc) is 3.37. The molecule has 1 amide bonds. The van der Waals surface area contributed by atoms with Crippen molar-refractivity contribution in [2.24, 2.45) is 5.14 Å². The molecule has 0 unspecified atom stereocenters. The second-order valence-electron chi connectivity index (χ2n) is 9.10. The number of allylic oxidation sites excluding steroid dienone is 3. The number of nitrogens with two attached hydrogens (primary N) is 1. The lowest BCUT2D eigenvalue weighted by Gasteiger charge is -2.29. The van der Waals surface area contributed by atoms with Crippen LogP contribution in [0.2, 0.25) is 0 Å².